The summed E-state index contributed by atoms with van der Waals surface area (Å²) in [5.74, 6) is -1.25. The topological polar surface area (TPSA) is 72.7 Å². The van der Waals surface area contributed by atoms with E-state index in [1.807, 2.05) is 85.1 Å². The Balaban J connectivity index is 1.47. The van der Waals surface area contributed by atoms with E-state index in [-0.39, 0.29) is 11.3 Å². The van der Waals surface area contributed by atoms with Gasteiger partial charge in [-0.25, -0.2) is 4.52 Å². The van der Waals surface area contributed by atoms with Gasteiger partial charge in [-0.2, -0.15) is 5.10 Å². The summed E-state index contributed by atoms with van der Waals surface area (Å²) in [6, 6.07) is 38.5. The molecule has 0 spiro atoms. The number of hydrogen-bond donors (Lipinski definition) is 1. The second kappa shape index (κ2) is 10.4. The van der Waals surface area contributed by atoms with Gasteiger partial charge in [0.15, 0.2) is 6.10 Å². The number of amides is 1. The van der Waals surface area contributed by atoms with Crippen LogP contribution >= 0.6 is 11.8 Å². The molecule has 1 fully saturated rings. The standard InChI is InChI=1S/C32H27N3O3S/c1-22(36)38-29(27-21-26-19-11-12-20-35(26)34-27)28-30(37)33-31(28)39-32(23-13-5-2-6-14-23,24-15-7-3-8-16-24)25-17-9-4-10-18-25/h2-21,28-29,31H,1H3,(H,33,37). The van der Waals surface area contributed by atoms with Crippen molar-refractivity contribution >= 4 is 29.2 Å². The largest absolute Gasteiger partial charge is 0.455 e. The highest BCUT2D eigenvalue weighted by Gasteiger charge is 2.52. The van der Waals surface area contributed by atoms with Crippen LogP contribution in [0.3, 0.4) is 0 Å². The van der Waals surface area contributed by atoms with Gasteiger partial charge < -0.3 is 10.1 Å². The van der Waals surface area contributed by atoms with Crippen molar-refractivity contribution in [2.75, 3.05) is 0 Å². The van der Waals surface area contributed by atoms with Gasteiger partial charge in [-0.15, -0.1) is 11.8 Å². The molecule has 1 amide bonds. The molecule has 0 radical (unpaired) electrons. The van der Waals surface area contributed by atoms with Crippen molar-refractivity contribution < 1.29 is 14.3 Å². The van der Waals surface area contributed by atoms with Gasteiger partial charge in [0, 0.05) is 13.1 Å². The first kappa shape index (κ1) is 24.9. The quantitative estimate of drug-likeness (QED) is 0.157. The number of benzene rings is 3. The predicted octanol–water partition coefficient (Wildman–Crippen LogP) is 5.74. The molecule has 6 rings (SSSR count). The van der Waals surface area contributed by atoms with Crippen molar-refractivity contribution in [3.63, 3.8) is 0 Å². The molecule has 1 aliphatic rings. The van der Waals surface area contributed by atoms with Gasteiger partial charge in [0.1, 0.15) is 11.6 Å². The van der Waals surface area contributed by atoms with Crippen molar-refractivity contribution in [1.29, 1.82) is 0 Å². The molecule has 3 atom stereocenters. The fourth-order valence-electron chi connectivity index (χ4n) is 5.27. The minimum atomic E-state index is -0.825. The fraction of sp³-hybridized carbons (Fsp3) is 0.156. The first-order chi connectivity index (χ1) is 19.1. The summed E-state index contributed by atoms with van der Waals surface area (Å²) in [5.41, 5.74) is 4.67. The lowest BCUT2D eigenvalue weighted by atomic mass is 9.84. The monoisotopic (exact) mass is 533 g/mol. The van der Waals surface area contributed by atoms with Crippen molar-refractivity contribution in [3.8, 4) is 0 Å². The molecule has 7 heteroatoms. The number of fused-ring (bicyclic) bond motifs is 1. The minimum absolute atomic E-state index is 0.168. The van der Waals surface area contributed by atoms with Crippen molar-refractivity contribution in [1.82, 2.24) is 14.9 Å². The van der Waals surface area contributed by atoms with E-state index >= 15 is 0 Å². The third-order valence-corrected chi connectivity index (χ3v) is 8.78. The maximum atomic E-state index is 13.2. The number of hydrogen-bond acceptors (Lipinski definition) is 5. The van der Waals surface area contributed by atoms with Gasteiger partial charge in [0.05, 0.1) is 15.6 Å². The fourth-order valence-corrected chi connectivity index (χ4v) is 7.06. The Labute approximate surface area is 231 Å². The number of rotatable bonds is 8. The summed E-state index contributed by atoms with van der Waals surface area (Å²) in [6.45, 7) is 1.36. The van der Waals surface area contributed by atoms with E-state index < -0.39 is 22.7 Å². The third-order valence-electron chi connectivity index (χ3n) is 7.06. The van der Waals surface area contributed by atoms with E-state index in [1.54, 1.807) is 16.3 Å². The predicted molar refractivity (Wildman–Crippen MR) is 152 cm³/mol. The molecule has 2 aromatic heterocycles. The number of nitrogens with zero attached hydrogens (tertiary/aromatic N) is 2. The molecule has 39 heavy (non-hydrogen) atoms. The summed E-state index contributed by atoms with van der Waals surface area (Å²) >= 11 is 1.65. The van der Waals surface area contributed by atoms with Crippen molar-refractivity contribution in [2.24, 2.45) is 5.92 Å². The van der Waals surface area contributed by atoms with Crippen molar-refractivity contribution in [2.45, 2.75) is 23.1 Å². The highest BCUT2D eigenvalue weighted by molar-refractivity contribution is 8.01. The van der Waals surface area contributed by atoms with E-state index in [9.17, 15) is 9.59 Å². The van der Waals surface area contributed by atoms with Gasteiger partial charge in [-0.3, -0.25) is 9.59 Å². The molecule has 1 aliphatic heterocycles. The molecule has 3 unspecified atom stereocenters. The van der Waals surface area contributed by atoms with Crippen LogP contribution in [0.4, 0.5) is 0 Å². The molecular weight excluding hydrogens is 506 g/mol. The van der Waals surface area contributed by atoms with E-state index in [4.69, 9.17) is 4.74 Å². The number of carbonyl (C=O) groups excluding carboxylic acids is 2. The first-order valence-electron chi connectivity index (χ1n) is 12.8. The normalized spacial score (nSPS) is 17.7. The van der Waals surface area contributed by atoms with Gasteiger partial charge in [0.25, 0.3) is 0 Å². The van der Waals surface area contributed by atoms with Crippen LogP contribution in [0.1, 0.15) is 35.4 Å². The Morgan fingerprint density at radius 3 is 1.90 bits per heavy atom. The highest BCUT2D eigenvalue weighted by Crippen LogP contribution is 2.53. The second-order valence-corrected chi connectivity index (χ2v) is 10.9. The summed E-state index contributed by atoms with van der Waals surface area (Å²) in [5, 5.41) is 7.42. The van der Waals surface area contributed by atoms with Gasteiger partial charge in [-0.1, -0.05) is 97.1 Å². The molecule has 0 aliphatic carbocycles. The van der Waals surface area contributed by atoms with Crippen LogP contribution in [0.5, 0.6) is 0 Å². The molecule has 0 saturated carbocycles. The average Bonchev–Trinajstić information content (AvgIpc) is 3.40. The zero-order valence-electron chi connectivity index (χ0n) is 21.3. The van der Waals surface area contributed by atoms with Crippen LogP contribution < -0.4 is 5.32 Å². The molecule has 6 nitrogen and oxygen atoms in total. The van der Waals surface area contributed by atoms with Crippen LogP contribution in [0, 0.1) is 5.92 Å². The van der Waals surface area contributed by atoms with E-state index in [0.717, 1.165) is 22.2 Å². The number of thioether (sulfide) groups is 1. The zero-order valence-corrected chi connectivity index (χ0v) is 22.1. The average molecular weight is 534 g/mol. The maximum absolute atomic E-state index is 13.2. The molecule has 3 aromatic carbocycles. The molecule has 0 bridgehead atoms. The number of ether oxygens (including phenoxy) is 1. The molecule has 3 heterocycles. The lowest BCUT2D eigenvalue weighted by Gasteiger charge is -2.45. The number of β-lactam (4-membered cyclic amide) rings is 1. The van der Waals surface area contributed by atoms with E-state index in [0.29, 0.717) is 5.69 Å². The Bertz CT molecular complexity index is 1480. The van der Waals surface area contributed by atoms with Gasteiger partial charge in [-0.05, 0) is 34.9 Å². The number of esters is 1. The van der Waals surface area contributed by atoms with E-state index in [1.165, 1.54) is 6.92 Å². The van der Waals surface area contributed by atoms with Crippen LogP contribution in [-0.2, 0) is 19.1 Å². The lowest BCUT2D eigenvalue weighted by Crippen LogP contribution is -2.60. The lowest BCUT2D eigenvalue weighted by molar-refractivity contribution is -0.156. The van der Waals surface area contributed by atoms with E-state index in [2.05, 4.69) is 46.8 Å². The summed E-state index contributed by atoms with van der Waals surface area (Å²) in [6.07, 6.45) is 1.01. The number of aromatic nitrogens is 2. The Kier molecular flexibility index (Phi) is 6.67. The second-order valence-electron chi connectivity index (χ2n) is 9.52. The van der Waals surface area contributed by atoms with Crippen LogP contribution in [-0.4, -0.2) is 26.9 Å². The number of carbonyl (C=O) groups is 2. The summed E-state index contributed by atoms with van der Waals surface area (Å²) in [7, 11) is 0. The minimum Gasteiger partial charge on any atom is -0.455 e. The van der Waals surface area contributed by atoms with Crippen molar-refractivity contribution in [3.05, 3.63) is 144 Å². The van der Waals surface area contributed by atoms with Crippen LogP contribution in [0.15, 0.2) is 121 Å². The van der Waals surface area contributed by atoms with Crippen LogP contribution in [0.25, 0.3) is 5.52 Å². The highest BCUT2D eigenvalue weighted by atomic mass is 32.2. The molecule has 5 aromatic rings. The van der Waals surface area contributed by atoms with Gasteiger partial charge in [0.2, 0.25) is 5.91 Å². The number of pyridine rings is 1. The smallest absolute Gasteiger partial charge is 0.303 e. The Morgan fingerprint density at radius 1 is 0.872 bits per heavy atom. The van der Waals surface area contributed by atoms with Crippen LogP contribution in [0.2, 0.25) is 0 Å². The number of nitrogens with one attached hydrogen (secondary N) is 1. The molecule has 1 N–H and O–H groups in total. The SMILES string of the molecule is CC(=O)OC(c1cc2ccccn2n1)C1C(=O)NC1SC(c1ccccc1)(c1ccccc1)c1ccccc1. The molecule has 1 saturated heterocycles. The Morgan fingerprint density at radius 2 is 1.41 bits per heavy atom. The molecule has 194 valence electrons. The van der Waals surface area contributed by atoms with Gasteiger partial charge >= 0.3 is 5.97 Å². The maximum Gasteiger partial charge on any atom is 0.303 e. The summed E-state index contributed by atoms with van der Waals surface area (Å²) < 4.78 is 6.90. The molecular formula is C32H27N3O3S. The zero-order chi connectivity index (χ0) is 26.8. The third kappa shape index (κ3) is 4.59. The Hall–Kier alpha value is -4.36. The summed E-state index contributed by atoms with van der Waals surface area (Å²) in [4.78, 5) is 25.5. The first-order valence-corrected chi connectivity index (χ1v) is 13.7.